The molecule has 0 saturated heterocycles. The van der Waals surface area contributed by atoms with Gasteiger partial charge in [0.25, 0.3) is 10.0 Å². The summed E-state index contributed by atoms with van der Waals surface area (Å²) in [4.78, 5) is 20.1. The van der Waals surface area contributed by atoms with Crippen LogP contribution in [0.5, 0.6) is 17.6 Å². The third-order valence-electron chi connectivity index (χ3n) is 4.30. The maximum absolute atomic E-state index is 12.7. The molecule has 2 aromatic carbocycles. The van der Waals surface area contributed by atoms with Gasteiger partial charge < -0.3 is 19.5 Å². The largest absolute Gasteiger partial charge is 0.496 e. The van der Waals surface area contributed by atoms with E-state index < -0.39 is 10.0 Å². The van der Waals surface area contributed by atoms with Gasteiger partial charge in [-0.05, 0) is 36.4 Å². The van der Waals surface area contributed by atoms with E-state index in [0.717, 1.165) is 5.56 Å². The van der Waals surface area contributed by atoms with Crippen LogP contribution in [-0.2, 0) is 14.8 Å². The molecule has 172 valence electrons. The normalized spacial score (nSPS) is 11.1. The lowest BCUT2D eigenvalue weighted by atomic mass is 10.2. The third kappa shape index (κ3) is 6.20. The number of sulfonamides is 1. The molecule has 10 nitrogen and oxygen atoms in total. The number of carbonyl (C=O) groups excluding carboxylic acids is 1. The van der Waals surface area contributed by atoms with Crippen LogP contribution in [0, 0.1) is 0 Å². The minimum atomic E-state index is -3.95. The molecule has 3 rings (SSSR count). The van der Waals surface area contributed by atoms with E-state index in [4.69, 9.17) is 14.2 Å². The fourth-order valence-corrected chi connectivity index (χ4v) is 3.71. The predicted octanol–water partition coefficient (Wildman–Crippen LogP) is 2.96. The van der Waals surface area contributed by atoms with E-state index in [0.29, 0.717) is 11.4 Å². The minimum Gasteiger partial charge on any atom is -0.496 e. The molecule has 1 amide bonds. The van der Waals surface area contributed by atoms with Gasteiger partial charge in [0.1, 0.15) is 5.75 Å². The van der Waals surface area contributed by atoms with E-state index >= 15 is 0 Å². The lowest BCUT2D eigenvalue weighted by molar-refractivity contribution is -0.111. The summed E-state index contributed by atoms with van der Waals surface area (Å²) in [6, 6.07) is 14.2. The fourth-order valence-electron chi connectivity index (χ4n) is 2.72. The van der Waals surface area contributed by atoms with Crippen LogP contribution < -0.4 is 24.2 Å². The van der Waals surface area contributed by atoms with E-state index in [1.807, 2.05) is 18.2 Å². The van der Waals surface area contributed by atoms with Crippen molar-refractivity contribution in [1.82, 2.24) is 9.97 Å². The first kappa shape index (κ1) is 23.5. The summed E-state index contributed by atoms with van der Waals surface area (Å²) in [5.74, 6) is 0.383. The van der Waals surface area contributed by atoms with Crippen LogP contribution in [0.15, 0.2) is 65.6 Å². The molecule has 33 heavy (non-hydrogen) atoms. The number of anilines is 2. The Hall–Kier alpha value is -4.12. The molecule has 0 aliphatic heterocycles. The van der Waals surface area contributed by atoms with Gasteiger partial charge in [0.05, 0.1) is 26.2 Å². The molecule has 0 radical (unpaired) electrons. The van der Waals surface area contributed by atoms with Crippen LogP contribution in [0.4, 0.5) is 11.5 Å². The zero-order valence-corrected chi connectivity index (χ0v) is 18.9. The average Bonchev–Trinajstić information content (AvgIpc) is 2.82. The number of para-hydroxylation sites is 1. The number of rotatable bonds is 9. The van der Waals surface area contributed by atoms with Crippen LogP contribution in [-0.4, -0.2) is 45.6 Å². The number of aromatic nitrogens is 2. The lowest BCUT2D eigenvalue weighted by Gasteiger charge is -2.10. The SMILES string of the molecule is COc1cc(NS(=O)(=O)c2ccc(NC(=O)/C=C/c3ccccc3OC)cc2)nc(OC)n1. The van der Waals surface area contributed by atoms with Crippen molar-refractivity contribution in [2.24, 2.45) is 0 Å². The van der Waals surface area contributed by atoms with Gasteiger partial charge in [0.15, 0.2) is 5.82 Å². The summed E-state index contributed by atoms with van der Waals surface area (Å²) in [5, 5.41) is 2.67. The third-order valence-corrected chi connectivity index (χ3v) is 5.67. The quantitative estimate of drug-likeness (QED) is 0.457. The average molecular weight is 471 g/mol. The molecule has 2 N–H and O–H groups in total. The van der Waals surface area contributed by atoms with Crippen molar-refractivity contribution in [3.05, 3.63) is 66.2 Å². The number of nitrogens with zero attached hydrogens (tertiary/aromatic N) is 2. The molecule has 1 heterocycles. The molecule has 11 heteroatoms. The number of ether oxygens (including phenoxy) is 3. The standard InChI is InChI=1S/C22H22N4O6S/c1-30-18-7-5-4-6-15(18)8-13-20(27)23-16-9-11-17(12-10-16)33(28,29)26-19-14-21(31-2)25-22(24-19)32-3/h4-14H,1-3H3,(H,23,27)(H,24,25,26)/b13-8+. The Labute approximate surface area is 191 Å². The molecule has 0 aliphatic carbocycles. The number of amides is 1. The van der Waals surface area contributed by atoms with Crippen molar-refractivity contribution in [2.45, 2.75) is 4.90 Å². The number of methoxy groups -OCH3 is 3. The first-order valence-electron chi connectivity index (χ1n) is 9.56. The van der Waals surface area contributed by atoms with Crippen LogP contribution in [0.2, 0.25) is 0 Å². The molecule has 0 aliphatic rings. The maximum atomic E-state index is 12.7. The predicted molar refractivity (Wildman–Crippen MR) is 123 cm³/mol. The van der Waals surface area contributed by atoms with E-state index in [1.165, 1.54) is 50.6 Å². The topological polar surface area (TPSA) is 129 Å². The molecule has 0 atom stereocenters. The van der Waals surface area contributed by atoms with Gasteiger partial charge in [-0.2, -0.15) is 9.97 Å². The highest BCUT2D eigenvalue weighted by molar-refractivity contribution is 7.92. The zero-order chi connectivity index (χ0) is 23.8. The Morgan fingerprint density at radius 2 is 1.67 bits per heavy atom. The maximum Gasteiger partial charge on any atom is 0.321 e. The van der Waals surface area contributed by atoms with Crippen molar-refractivity contribution in [1.29, 1.82) is 0 Å². The molecule has 0 fully saturated rings. The minimum absolute atomic E-state index is 0.0162. The van der Waals surface area contributed by atoms with Crippen molar-refractivity contribution >= 4 is 33.5 Å². The van der Waals surface area contributed by atoms with E-state index in [-0.39, 0.29) is 28.5 Å². The Bertz CT molecular complexity index is 1240. The van der Waals surface area contributed by atoms with Crippen LogP contribution in [0.3, 0.4) is 0 Å². The van der Waals surface area contributed by atoms with Crippen molar-refractivity contribution in [2.75, 3.05) is 31.4 Å². The van der Waals surface area contributed by atoms with Crippen LogP contribution >= 0.6 is 0 Å². The Kier molecular flexibility index (Phi) is 7.46. The number of nitrogens with one attached hydrogen (secondary N) is 2. The lowest BCUT2D eigenvalue weighted by Crippen LogP contribution is -2.15. The molecular formula is C22H22N4O6S. The summed E-state index contributed by atoms with van der Waals surface area (Å²) >= 11 is 0. The first-order valence-corrected chi connectivity index (χ1v) is 11.0. The Morgan fingerprint density at radius 3 is 2.33 bits per heavy atom. The van der Waals surface area contributed by atoms with Gasteiger partial charge in [-0.1, -0.05) is 18.2 Å². The summed E-state index contributed by atoms with van der Waals surface area (Å²) in [6.07, 6.45) is 2.99. The van der Waals surface area contributed by atoms with Crippen molar-refractivity contribution < 1.29 is 27.4 Å². The molecular weight excluding hydrogens is 448 g/mol. The molecule has 3 aromatic rings. The molecule has 0 saturated carbocycles. The highest BCUT2D eigenvalue weighted by atomic mass is 32.2. The second kappa shape index (κ2) is 10.5. The summed E-state index contributed by atoms with van der Waals surface area (Å²) in [6.45, 7) is 0. The van der Waals surface area contributed by atoms with E-state index in [1.54, 1.807) is 19.3 Å². The van der Waals surface area contributed by atoms with Gasteiger partial charge in [-0.15, -0.1) is 0 Å². The van der Waals surface area contributed by atoms with Gasteiger partial charge >= 0.3 is 6.01 Å². The summed E-state index contributed by atoms with van der Waals surface area (Å²) in [5.41, 5.74) is 1.18. The zero-order valence-electron chi connectivity index (χ0n) is 18.1. The second-order valence-corrected chi connectivity index (χ2v) is 8.16. The Balaban J connectivity index is 1.69. The van der Waals surface area contributed by atoms with Gasteiger partial charge in [0.2, 0.25) is 11.8 Å². The smallest absolute Gasteiger partial charge is 0.321 e. The molecule has 1 aromatic heterocycles. The molecule has 0 unspecified atom stereocenters. The number of carbonyl (C=O) groups is 1. The Morgan fingerprint density at radius 1 is 0.939 bits per heavy atom. The summed E-state index contributed by atoms with van der Waals surface area (Å²) in [7, 11) is 0.336. The van der Waals surface area contributed by atoms with Gasteiger partial charge in [0, 0.05) is 23.4 Å². The first-order chi connectivity index (χ1) is 15.8. The highest BCUT2D eigenvalue weighted by Gasteiger charge is 2.17. The summed E-state index contributed by atoms with van der Waals surface area (Å²) < 4.78 is 42.9. The molecule has 0 spiro atoms. The number of hydrogen-bond donors (Lipinski definition) is 2. The van der Waals surface area contributed by atoms with E-state index in [9.17, 15) is 13.2 Å². The monoisotopic (exact) mass is 470 g/mol. The highest BCUT2D eigenvalue weighted by Crippen LogP contribution is 2.22. The van der Waals surface area contributed by atoms with Crippen molar-refractivity contribution in [3.63, 3.8) is 0 Å². The van der Waals surface area contributed by atoms with E-state index in [2.05, 4.69) is 20.0 Å². The number of hydrogen-bond acceptors (Lipinski definition) is 8. The molecule has 0 bridgehead atoms. The fraction of sp³-hybridized carbons (Fsp3) is 0.136. The van der Waals surface area contributed by atoms with Crippen LogP contribution in [0.25, 0.3) is 6.08 Å². The second-order valence-electron chi connectivity index (χ2n) is 6.48. The van der Waals surface area contributed by atoms with Gasteiger partial charge in [-0.3, -0.25) is 9.52 Å². The van der Waals surface area contributed by atoms with Crippen molar-refractivity contribution in [3.8, 4) is 17.6 Å². The number of benzene rings is 2. The van der Waals surface area contributed by atoms with Crippen LogP contribution in [0.1, 0.15) is 5.56 Å². The van der Waals surface area contributed by atoms with Gasteiger partial charge in [-0.25, -0.2) is 8.42 Å².